The number of hydrogen-bond acceptors (Lipinski definition) is 3. The van der Waals surface area contributed by atoms with Crippen LogP contribution in [0.4, 0.5) is 0 Å². The van der Waals surface area contributed by atoms with E-state index in [1.165, 1.54) is 10.4 Å². The van der Waals surface area contributed by atoms with Gasteiger partial charge in [-0.2, -0.15) is 0 Å². The molecule has 0 spiro atoms. The molecule has 0 atom stereocenters. The molecular formula is C18H30N2OS. The third-order valence-electron chi connectivity index (χ3n) is 4.25. The molecule has 124 valence electrons. The highest BCUT2D eigenvalue weighted by atomic mass is 32.1. The van der Waals surface area contributed by atoms with Crippen LogP contribution in [0.15, 0.2) is 6.07 Å². The summed E-state index contributed by atoms with van der Waals surface area (Å²) in [7, 11) is 0. The minimum Gasteiger partial charge on any atom is -0.335 e. The van der Waals surface area contributed by atoms with Gasteiger partial charge in [0.15, 0.2) is 0 Å². The Labute approximate surface area is 139 Å². The quantitative estimate of drug-likeness (QED) is 0.798. The molecule has 0 bridgehead atoms. The van der Waals surface area contributed by atoms with Gasteiger partial charge in [0.25, 0.3) is 5.91 Å². The van der Waals surface area contributed by atoms with Crippen molar-refractivity contribution in [3.05, 3.63) is 21.4 Å². The van der Waals surface area contributed by atoms with E-state index in [9.17, 15) is 4.79 Å². The van der Waals surface area contributed by atoms with E-state index in [1.54, 1.807) is 11.3 Å². The monoisotopic (exact) mass is 322 g/mol. The first-order chi connectivity index (χ1) is 10.5. The minimum absolute atomic E-state index is 0.242. The van der Waals surface area contributed by atoms with Crippen molar-refractivity contribution in [3.8, 4) is 0 Å². The van der Waals surface area contributed by atoms with Crippen molar-refractivity contribution in [2.45, 2.75) is 47.0 Å². The molecule has 0 aliphatic carbocycles. The van der Waals surface area contributed by atoms with Gasteiger partial charge in [-0.3, -0.25) is 9.69 Å². The van der Waals surface area contributed by atoms with E-state index in [0.717, 1.165) is 56.9 Å². The fraction of sp³-hybridized carbons (Fsp3) is 0.722. The predicted molar refractivity (Wildman–Crippen MR) is 94.9 cm³/mol. The zero-order chi connectivity index (χ0) is 16.1. The molecule has 0 radical (unpaired) electrons. The number of nitrogens with zero attached hydrogens (tertiary/aromatic N) is 2. The highest BCUT2D eigenvalue weighted by Crippen LogP contribution is 2.26. The van der Waals surface area contributed by atoms with E-state index in [0.29, 0.717) is 5.92 Å². The van der Waals surface area contributed by atoms with Crippen molar-refractivity contribution < 1.29 is 4.79 Å². The zero-order valence-corrected chi connectivity index (χ0v) is 15.3. The van der Waals surface area contributed by atoms with Crippen LogP contribution >= 0.6 is 11.3 Å². The van der Waals surface area contributed by atoms with Crippen molar-refractivity contribution in [1.29, 1.82) is 0 Å². The Morgan fingerprint density at radius 1 is 1.23 bits per heavy atom. The van der Waals surface area contributed by atoms with E-state index in [2.05, 4.69) is 38.7 Å². The minimum atomic E-state index is 0.242. The molecule has 1 aromatic heterocycles. The molecule has 3 nitrogen and oxygen atoms in total. The van der Waals surface area contributed by atoms with Crippen molar-refractivity contribution in [2.75, 3.05) is 32.7 Å². The van der Waals surface area contributed by atoms with E-state index < -0.39 is 0 Å². The zero-order valence-electron chi connectivity index (χ0n) is 14.5. The maximum atomic E-state index is 12.7. The fourth-order valence-corrected chi connectivity index (χ4v) is 4.44. The fourth-order valence-electron chi connectivity index (χ4n) is 3.12. The second kappa shape index (κ2) is 8.11. The second-order valence-electron chi connectivity index (χ2n) is 6.65. The number of thiophene rings is 1. The summed E-state index contributed by atoms with van der Waals surface area (Å²) in [6, 6.07) is 2.14. The first kappa shape index (κ1) is 17.5. The van der Waals surface area contributed by atoms with Gasteiger partial charge in [-0.15, -0.1) is 11.3 Å². The maximum absolute atomic E-state index is 12.7. The Morgan fingerprint density at radius 2 is 1.91 bits per heavy atom. The third kappa shape index (κ3) is 4.32. The second-order valence-corrected chi connectivity index (χ2v) is 7.79. The van der Waals surface area contributed by atoms with Crippen molar-refractivity contribution in [1.82, 2.24) is 9.80 Å². The van der Waals surface area contributed by atoms with Crippen LogP contribution in [0.1, 0.15) is 54.2 Å². The van der Waals surface area contributed by atoms with E-state index in [-0.39, 0.29) is 5.91 Å². The van der Waals surface area contributed by atoms with Crippen LogP contribution in [0.2, 0.25) is 0 Å². The third-order valence-corrected chi connectivity index (χ3v) is 5.47. The van der Waals surface area contributed by atoms with Gasteiger partial charge in [-0.1, -0.05) is 34.1 Å². The first-order valence-corrected chi connectivity index (χ1v) is 9.50. The van der Waals surface area contributed by atoms with Gasteiger partial charge in [0.2, 0.25) is 0 Å². The lowest BCUT2D eigenvalue weighted by molar-refractivity contribution is 0.0628. The normalized spacial score (nSPS) is 16.5. The summed E-state index contributed by atoms with van der Waals surface area (Å²) in [5.41, 5.74) is 1.37. The molecule has 1 aromatic rings. The number of carbonyl (C=O) groups is 1. The molecule has 1 amide bonds. The Bertz CT molecular complexity index is 487. The molecule has 0 aromatic carbocycles. The molecule has 1 aliphatic heterocycles. The van der Waals surface area contributed by atoms with E-state index >= 15 is 0 Å². The van der Waals surface area contributed by atoms with Crippen LogP contribution in [0.3, 0.4) is 0 Å². The van der Waals surface area contributed by atoms with Gasteiger partial charge in [0, 0.05) is 37.6 Å². The number of hydrogen-bond donors (Lipinski definition) is 0. The molecule has 2 heterocycles. The van der Waals surface area contributed by atoms with Crippen LogP contribution in [0.25, 0.3) is 0 Å². The van der Waals surface area contributed by atoms with Crippen LogP contribution in [0.5, 0.6) is 0 Å². The molecular weight excluding hydrogens is 292 g/mol. The SMILES string of the molecule is CCCc1sc(C(=O)N2CCN(CC(C)C)CC2)cc1CC. The van der Waals surface area contributed by atoms with Crippen molar-refractivity contribution >= 4 is 17.2 Å². The van der Waals surface area contributed by atoms with Crippen LogP contribution in [-0.2, 0) is 12.8 Å². The first-order valence-electron chi connectivity index (χ1n) is 8.68. The van der Waals surface area contributed by atoms with Crippen LogP contribution < -0.4 is 0 Å². The van der Waals surface area contributed by atoms with Gasteiger partial charge < -0.3 is 4.90 Å². The lowest BCUT2D eigenvalue weighted by Crippen LogP contribution is -2.49. The summed E-state index contributed by atoms with van der Waals surface area (Å²) in [4.78, 5) is 19.6. The number of rotatable bonds is 6. The molecule has 1 fully saturated rings. The highest BCUT2D eigenvalue weighted by molar-refractivity contribution is 7.14. The van der Waals surface area contributed by atoms with Crippen LogP contribution in [-0.4, -0.2) is 48.4 Å². The smallest absolute Gasteiger partial charge is 0.264 e. The summed E-state index contributed by atoms with van der Waals surface area (Å²) in [6.45, 7) is 13.8. The highest BCUT2D eigenvalue weighted by Gasteiger charge is 2.24. The topological polar surface area (TPSA) is 23.6 Å². The Balaban J connectivity index is 1.98. The van der Waals surface area contributed by atoms with Crippen LogP contribution in [0, 0.1) is 5.92 Å². The standard InChI is InChI=1S/C18H30N2OS/c1-5-7-16-15(6-2)12-17(22-16)18(21)20-10-8-19(9-11-20)13-14(3)4/h12,14H,5-11,13H2,1-4H3. The van der Waals surface area contributed by atoms with E-state index in [4.69, 9.17) is 0 Å². The Hall–Kier alpha value is -0.870. The van der Waals surface area contributed by atoms with Gasteiger partial charge >= 0.3 is 0 Å². The lowest BCUT2D eigenvalue weighted by atomic mass is 10.1. The van der Waals surface area contributed by atoms with Gasteiger partial charge in [0.1, 0.15) is 0 Å². The van der Waals surface area contributed by atoms with E-state index in [1.807, 2.05) is 4.90 Å². The molecule has 2 rings (SSSR count). The number of amides is 1. The van der Waals surface area contributed by atoms with Gasteiger partial charge in [-0.25, -0.2) is 0 Å². The molecule has 1 saturated heterocycles. The number of aryl methyl sites for hydroxylation is 2. The Morgan fingerprint density at radius 3 is 2.45 bits per heavy atom. The average Bonchev–Trinajstić information content (AvgIpc) is 2.90. The molecule has 22 heavy (non-hydrogen) atoms. The maximum Gasteiger partial charge on any atom is 0.264 e. The summed E-state index contributed by atoms with van der Waals surface area (Å²) in [5.74, 6) is 0.939. The summed E-state index contributed by atoms with van der Waals surface area (Å²) in [6.07, 6.45) is 3.28. The van der Waals surface area contributed by atoms with Gasteiger partial charge in [0.05, 0.1) is 4.88 Å². The lowest BCUT2D eigenvalue weighted by Gasteiger charge is -2.35. The molecule has 4 heteroatoms. The number of carbonyl (C=O) groups excluding carboxylic acids is 1. The largest absolute Gasteiger partial charge is 0.335 e. The summed E-state index contributed by atoms with van der Waals surface area (Å²) < 4.78 is 0. The van der Waals surface area contributed by atoms with Crippen molar-refractivity contribution in [2.24, 2.45) is 5.92 Å². The summed E-state index contributed by atoms with van der Waals surface area (Å²) >= 11 is 1.72. The molecule has 0 saturated carbocycles. The molecule has 1 aliphatic rings. The Kier molecular flexibility index (Phi) is 6.45. The number of piperazine rings is 1. The summed E-state index contributed by atoms with van der Waals surface area (Å²) in [5, 5.41) is 0. The van der Waals surface area contributed by atoms with Crippen molar-refractivity contribution in [3.63, 3.8) is 0 Å². The molecule has 0 N–H and O–H groups in total. The molecule has 0 unspecified atom stereocenters. The van der Waals surface area contributed by atoms with Gasteiger partial charge in [-0.05, 0) is 30.4 Å². The average molecular weight is 323 g/mol. The predicted octanol–water partition coefficient (Wildman–Crippen LogP) is 3.68.